The van der Waals surface area contributed by atoms with Gasteiger partial charge in [-0.1, -0.05) is 12.1 Å². The van der Waals surface area contributed by atoms with E-state index < -0.39 is 12.3 Å². The fourth-order valence-corrected chi connectivity index (χ4v) is 3.39. The summed E-state index contributed by atoms with van der Waals surface area (Å²) in [6.45, 7) is 5.56. The summed E-state index contributed by atoms with van der Waals surface area (Å²) in [6, 6.07) is 8.83. The van der Waals surface area contributed by atoms with Crippen molar-refractivity contribution in [1.29, 1.82) is 0 Å². The Morgan fingerprint density at radius 3 is 2.83 bits per heavy atom. The van der Waals surface area contributed by atoms with Crippen LogP contribution in [0.2, 0.25) is 0 Å². The summed E-state index contributed by atoms with van der Waals surface area (Å²) < 4.78 is 32.9. The van der Waals surface area contributed by atoms with Gasteiger partial charge in [0.25, 0.3) is 12.3 Å². The summed E-state index contributed by atoms with van der Waals surface area (Å²) in [5, 5.41) is 6.75. The van der Waals surface area contributed by atoms with E-state index in [0.29, 0.717) is 11.4 Å². The first kappa shape index (κ1) is 19.4. The van der Waals surface area contributed by atoms with Gasteiger partial charge < -0.3 is 10.1 Å². The molecule has 29 heavy (non-hydrogen) atoms. The minimum atomic E-state index is -2.72. The number of nitrogens with one attached hydrogen (secondary N) is 1. The molecule has 1 aliphatic heterocycles. The number of anilines is 1. The Balaban J connectivity index is 1.54. The summed E-state index contributed by atoms with van der Waals surface area (Å²) in [6.07, 6.45) is -1.45. The Labute approximate surface area is 166 Å². The number of amides is 1. The normalized spacial score (nSPS) is 15.2. The summed E-state index contributed by atoms with van der Waals surface area (Å²) >= 11 is 0. The highest BCUT2D eigenvalue weighted by molar-refractivity contribution is 6.08. The minimum absolute atomic E-state index is 0.113. The number of benzene rings is 1. The zero-order valence-electron chi connectivity index (χ0n) is 15.9. The second-order valence-electron chi connectivity index (χ2n) is 6.96. The quantitative estimate of drug-likeness (QED) is 0.712. The van der Waals surface area contributed by atoms with Crippen LogP contribution in [0, 0.1) is 6.92 Å². The van der Waals surface area contributed by atoms with Crippen LogP contribution >= 0.6 is 0 Å². The van der Waals surface area contributed by atoms with Crippen molar-refractivity contribution < 1.29 is 18.3 Å². The topological polar surface area (TPSA) is 71.8 Å². The van der Waals surface area contributed by atoms with Gasteiger partial charge in [-0.05, 0) is 30.7 Å². The lowest BCUT2D eigenvalue weighted by Crippen LogP contribution is -2.35. The van der Waals surface area contributed by atoms with Crippen molar-refractivity contribution in [2.75, 3.05) is 31.6 Å². The van der Waals surface area contributed by atoms with Gasteiger partial charge in [0.1, 0.15) is 11.3 Å². The molecule has 1 saturated heterocycles. The molecule has 0 bridgehead atoms. The lowest BCUT2D eigenvalue weighted by Gasteiger charge is -2.26. The number of aryl methyl sites for hydroxylation is 1. The maximum absolute atomic E-state index is 13.3. The number of hydrogen-bond donors (Lipinski definition) is 1. The Morgan fingerprint density at radius 1 is 1.28 bits per heavy atom. The van der Waals surface area contributed by atoms with Crippen molar-refractivity contribution in [3.05, 3.63) is 59.0 Å². The molecule has 1 N–H and O–H groups in total. The predicted molar refractivity (Wildman–Crippen MR) is 103 cm³/mol. The number of ether oxygens (including phenoxy) is 1. The molecule has 2 aromatic heterocycles. The third-order valence-electron chi connectivity index (χ3n) is 4.79. The molecule has 1 fully saturated rings. The molecule has 3 aromatic rings. The number of rotatable bonds is 5. The lowest BCUT2D eigenvalue weighted by molar-refractivity contribution is 0.0342. The molecule has 152 valence electrons. The van der Waals surface area contributed by atoms with E-state index in [1.807, 2.05) is 18.2 Å². The molecule has 7 nitrogen and oxygen atoms in total. The molecule has 1 amide bonds. The molecule has 0 unspecified atom stereocenters. The molecule has 0 saturated carbocycles. The Kier molecular flexibility index (Phi) is 5.50. The van der Waals surface area contributed by atoms with Crippen LogP contribution in [0.25, 0.3) is 5.65 Å². The zero-order valence-corrected chi connectivity index (χ0v) is 15.9. The zero-order chi connectivity index (χ0) is 20.4. The van der Waals surface area contributed by atoms with Gasteiger partial charge in [0.15, 0.2) is 5.65 Å². The van der Waals surface area contributed by atoms with Gasteiger partial charge in [-0.3, -0.25) is 9.69 Å². The number of nitrogens with zero attached hydrogens (tertiary/aromatic N) is 4. The average molecular weight is 401 g/mol. The van der Waals surface area contributed by atoms with Gasteiger partial charge in [0.05, 0.1) is 19.4 Å². The Morgan fingerprint density at radius 2 is 2.07 bits per heavy atom. The van der Waals surface area contributed by atoms with Crippen molar-refractivity contribution in [2.45, 2.75) is 19.9 Å². The van der Waals surface area contributed by atoms with E-state index in [1.165, 1.54) is 12.3 Å². The molecule has 0 aliphatic carbocycles. The monoisotopic (exact) mass is 401 g/mol. The van der Waals surface area contributed by atoms with Crippen molar-refractivity contribution in [1.82, 2.24) is 19.5 Å². The second-order valence-corrected chi connectivity index (χ2v) is 6.96. The largest absolute Gasteiger partial charge is 0.379 e. The van der Waals surface area contributed by atoms with Crippen molar-refractivity contribution in [3.63, 3.8) is 0 Å². The SMILES string of the molecule is Cc1cc(C(F)F)n2ncc(C(=O)Nc3cccc(CN4CCOCC4)c3)c2n1. The van der Waals surface area contributed by atoms with Crippen LogP contribution in [0.1, 0.15) is 33.7 Å². The van der Waals surface area contributed by atoms with E-state index in [-0.39, 0.29) is 16.9 Å². The van der Waals surface area contributed by atoms with Crippen molar-refractivity contribution in [2.24, 2.45) is 0 Å². The molecular formula is C20H21F2N5O2. The first-order valence-corrected chi connectivity index (χ1v) is 9.35. The Hall–Kier alpha value is -2.91. The molecule has 9 heteroatoms. The van der Waals surface area contributed by atoms with Gasteiger partial charge in [0, 0.05) is 31.0 Å². The summed E-state index contributed by atoms with van der Waals surface area (Å²) in [5.74, 6) is -0.443. The number of morpholine rings is 1. The fraction of sp³-hybridized carbons (Fsp3) is 0.350. The van der Waals surface area contributed by atoms with E-state index in [1.54, 1.807) is 13.0 Å². The second kappa shape index (κ2) is 8.22. The molecule has 0 spiro atoms. The van der Waals surface area contributed by atoms with Crippen LogP contribution in [0.4, 0.5) is 14.5 Å². The van der Waals surface area contributed by atoms with Gasteiger partial charge in [-0.25, -0.2) is 18.3 Å². The van der Waals surface area contributed by atoms with Crippen LogP contribution in [-0.2, 0) is 11.3 Å². The minimum Gasteiger partial charge on any atom is -0.379 e. The van der Waals surface area contributed by atoms with E-state index in [4.69, 9.17) is 4.74 Å². The molecule has 1 aliphatic rings. The summed E-state index contributed by atoms with van der Waals surface area (Å²) in [4.78, 5) is 19.3. The van der Waals surface area contributed by atoms with Crippen LogP contribution in [0.15, 0.2) is 36.5 Å². The van der Waals surface area contributed by atoms with Crippen LogP contribution < -0.4 is 5.32 Å². The number of hydrogen-bond acceptors (Lipinski definition) is 5. The number of carbonyl (C=O) groups excluding carboxylic acids is 1. The highest BCUT2D eigenvalue weighted by atomic mass is 19.3. The number of aromatic nitrogens is 3. The third kappa shape index (κ3) is 4.25. The molecule has 1 aromatic carbocycles. The average Bonchev–Trinajstić information content (AvgIpc) is 3.12. The molecule has 0 atom stereocenters. The molecule has 3 heterocycles. The van der Waals surface area contributed by atoms with Crippen LogP contribution in [-0.4, -0.2) is 51.7 Å². The first-order chi connectivity index (χ1) is 14.0. The lowest BCUT2D eigenvalue weighted by atomic mass is 10.1. The number of halogens is 2. The number of fused-ring (bicyclic) bond motifs is 1. The maximum Gasteiger partial charge on any atom is 0.280 e. The summed E-state index contributed by atoms with van der Waals surface area (Å²) in [7, 11) is 0. The summed E-state index contributed by atoms with van der Waals surface area (Å²) in [5.41, 5.74) is 2.06. The Bertz CT molecular complexity index is 1030. The van der Waals surface area contributed by atoms with Crippen LogP contribution in [0.5, 0.6) is 0 Å². The number of carbonyl (C=O) groups is 1. The van der Waals surface area contributed by atoms with E-state index in [0.717, 1.165) is 42.9 Å². The predicted octanol–water partition coefficient (Wildman–Crippen LogP) is 3.06. The molecular weight excluding hydrogens is 380 g/mol. The molecule has 4 rings (SSSR count). The molecule has 0 radical (unpaired) electrons. The smallest absolute Gasteiger partial charge is 0.280 e. The van der Waals surface area contributed by atoms with E-state index in [2.05, 4.69) is 20.3 Å². The standard InChI is InChI=1S/C20H21F2N5O2/c1-13-9-17(18(21)22)27-19(24-13)16(11-23-27)20(28)25-15-4-2-3-14(10-15)12-26-5-7-29-8-6-26/h2-4,9-11,18H,5-8,12H2,1H3,(H,25,28). The first-order valence-electron chi connectivity index (χ1n) is 9.35. The van der Waals surface area contributed by atoms with E-state index >= 15 is 0 Å². The highest BCUT2D eigenvalue weighted by Crippen LogP contribution is 2.22. The third-order valence-corrected chi connectivity index (χ3v) is 4.79. The van der Waals surface area contributed by atoms with Gasteiger partial charge in [-0.2, -0.15) is 5.10 Å². The fourth-order valence-electron chi connectivity index (χ4n) is 3.39. The van der Waals surface area contributed by atoms with Crippen LogP contribution in [0.3, 0.4) is 0 Å². The van der Waals surface area contributed by atoms with Crippen molar-refractivity contribution in [3.8, 4) is 0 Å². The van der Waals surface area contributed by atoms with Gasteiger partial charge in [-0.15, -0.1) is 0 Å². The maximum atomic E-state index is 13.3. The van der Waals surface area contributed by atoms with Gasteiger partial charge >= 0.3 is 0 Å². The van der Waals surface area contributed by atoms with Gasteiger partial charge in [0.2, 0.25) is 0 Å². The highest BCUT2D eigenvalue weighted by Gasteiger charge is 2.20. The van der Waals surface area contributed by atoms with Crippen molar-refractivity contribution >= 4 is 17.2 Å². The van der Waals surface area contributed by atoms with E-state index in [9.17, 15) is 13.6 Å². The number of alkyl halides is 2.